The molecule has 0 aromatic rings. The van der Waals surface area contributed by atoms with Crippen molar-refractivity contribution in [2.75, 3.05) is 18.1 Å². The Balaban J connectivity index is 2.01. The molecule has 2 rings (SSSR count). The Morgan fingerprint density at radius 2 is 1.75 bits per heavy atom. The maximum atomic E-state index is 3.95. The van der Waals surface area contributed by atoms with Crippen LogP contribution in [0.1, 0.15) is 59.3 Å². The van der Waals surface area contributed by atoms with Crippen molar-refractivity contribution in [1.29, 1.82) is 0 Å². The zero-order valence-corrected chi connectivity index (χ0v) is 15.2. The molecule has 1 nitrogen and oxygen atoms in total. The molecular weight excluding hydrogens is 282 g/mol. The lowest BCUT2D eigenvalue weighted by Gasteiger charge is -2.42. The van der Waals surface area contributed by atoms with Crippen LogP contribution in [0.2, 0.25) is 0 Å². The molecule has 0 amide bonds. The normalized spacial score (nSPS) is 36.8. The summed E-state index contributed by atoms with van der Waals surface area (Å²) >= 11 is 4.50. The van der Waals surface area contributed by atoms with Crippen LogP contribution >= 0.6 is 23.5 Å². The molecule has 3 unspecified atom stereocenters. The minimum Gasteiger partial charge on any atom is -0.313 e. The molecule has 0 aromatic carbocycles. The SMILES string of the molecule is CCCNC(C1CCC(C)CC1)C1SCCSC1CC. The third-order valence-corrected chi connectivity index (χ3v) is 8.42. The van der Waals surface area contributed by atoms with Gasteiger partial charge < -0.3 is 5.32 Å². The number of thioether (sulfide) groups is 2. The van der Waals surface area contributed by atoms with Crippen molar-refractivity contribution < 1.29 is 0 Å². The largest absolute Gasteiger partial charge is 0.313 e. The quantitative estimate of drug-likeness (QED) is 0.755. The van der Waals surface area contributed by atoms with Crippen LogP contribution in [0.5, 0.6) is 0 Å². The molecule has 1 saturated carbocycles. The summed E-state index contributed by atoms with van der Waals surface area (Å²) in [5, 5.41) is 5.68. The number of nitrogens with one attached hydrogen (secondary N) is 1. The van der Waals surface area contributed by atoms with Crippen LogP contribution in [0.3, 0.4) is 0 Å². The lowest BCUT2D eigenvalue weighted by atomic mass is 9.77. The minimum absolute atomic E-state index is 0.769. The Bertz CT molecular complexity index is 264. The summed E-state index contributed by atoms with van der Waals surface area (Å²) in [6.45, 7) is 8.32. The van der Waals surface area contributed by atoms with Crippen LogP contribution in [0.25, 0.3) is 0 Å². The lowest BCUT2D eigenvalue weighted by molar-refractivity contribution is 0.225. The molecule has 0 spiro atoms. The van der Waals surface area contributed by atoms with Gasteiger partial charge in [-0.15, -0.1) is 0 Å². The van der Waals surface area contributed by atoms with Gasteiger partial charge in [0.05, 0.1) is 0 Å². The first kappa shape index (κ1) is 17.0. The van der Waals surface area contributed by atoms with Crippen molar-refractivity contribution in [3.63, 3.8) is 0 Å². The average Bonchev–Trinajstić information content (AvgIpc) is 2.50. The molecular formula is C17H33NS2. The van der Waals surface area contributed by atoms with Crippen LogP contribution in [-0.4, -0.2) is 34.6 Å². The lowest BCUT2D eigenvalue weighted by Crippen LogP contribution is -2.50. The third-order valence-electron chi connectivity index (χ3n) is 5.05. The number of rotatable bonds is 6. The van der Waals surface area contributed by atoms with Crippen LogP contribution in [0.15, 0.2) is 0 Å². The van der Waals surface area contributed by atoms with E-state index >= 15 is 0 Å². The van der Waals surface area contributed by atoms with E-state index in [2.05, 4.69) is 49.6 Å². The second-order valence-electron chi connectivity index (χ2n) is 6.65. The maximum absolute atomic E-state index is 3.95. The van der Waals surface area contributed by atoms with Crippen molar-refractivity contribution in [2.45, 2.75) is 75.8 Å². The number of hydrogen-bond acceptors (Lipinski definition) is 3. The Labute approximate surface area is 134 Å². The molecule has 0 bridgehead atoms. The van der Waals surface area contributed by atoms with E-state index in [4.69, 9.17) is 0 Å². The molecule has 20 heavy (non-hydrogen) atoms. The Kier molecular flexibility index (Phi) is 7.61. The van der Waals surface area contributed by atoms with E-state index in [0.29, 0.717) is 0 Å². The summed E-state index contributed by atoms with van der Waals surface area (Å²) in [5.41, 5.74) is 0. The van der Waals surface area contributed by atoms with Crippen molar-refractivity contribution >= 4 is 23.5 Å². The molecule has 1 heterocycles. The molecule has 2 aliphatic rings. The fourth-order valence-corrected chi connectivity index (χ4v) is 7.12. The monoisotopic (exact) mass is 315 g/mol. The summed E-state index contributed by atoms with van der Waals surface area (Å²) in [6.07, 6.45) is 8.44. The Morgan fingerprint density at radius 1 is 1.05 bits per heavy atom. The van der Waals surface area contributed by atoms with E-state index in [0.717, 1.165) is 28.4 Å². The first-order chi connectivity index (χ1) is 9.76. The standard InChI is InChI=1S/C17H33NS2/c1-4-10-18-16(14-8-6-13(3)7-9-14)17-15(5-2)19-11-12-20-17/h13-18H,4-12H2,1-3H3. The van der Waals surface area contributed by atoms with Crippen molar-refractivity contribution in [1.82, 2.24) is 5.32 Å². The van der Waals surface area contributed by atoms with Gasteiger partial charge in [-0.2, -0.15) is 23.5 Å². The molecule has 3 atom stereocenters. The summed E-state index contributed by atoms with van der Waals surface area (Å²) in [7, 11) is 0. The van der Waals surface area contributed by atoms with E-state index < -0.39 is 0 Å². The topological polar surface area (TPSA) is 12.0 Å². The molecule has 1 aliphatic heterocycles. The predicted molar refractivity (Wildman–Crippen MR) is 96.0 cm³/mol. The van der Waals surface area contributed by atoms with Crippen LogP contribution in [-0.2, 0) is 0 Å². The third kappa shape index (κ3) is 4.58. The van der Waals surface area contributed by atoms with Gasteiger partial charge in [-0.1, -0.05) is 33.6 Å². The summed E-state index contributed by atoms with van der Waals surface area (Å²) in [4.78, 5) is 0. The highest BCUT2D eigenvalue weighted by molar-refractivity contribution is 8.07. The van der Waals surface area contributed by atoms with E-state index in [1.54, 1.807) is 0 Å². The van der Waals surface area contributed by atoms with Gasteiger partial charge in [-0.05, 0) is 44.1 Å². The molecule has 0 radical (unpaired) electrons. The van der Waals surface area contributed by atoms with Gasteiger partial charge in [0, 0.05) is 28.0 Å². The molecule has 2 fully saturated rings. The van der Waals surface area contributed by atoms with Gasteiger partial charge in [0.1, 0.15) is 0 Å². The van der Waals surface area contributed by atoms with E-state index in [1.807, 2.05) is 0 Å². The van der Waals surface area contributed by atoms with Gasteiger partial charge in [-0.25, -0.2) is 0 Å². The minimum atomic E-state index is 0.769. The number of hydrogen-bond donors (Lipinski definition) is 1. The fraction of sp³-hybridized carbons (Fsp3) is 1.00. The molecule has 1 aliphatic carbocycles. The highest BCUT2D eigenvalue weighted by Crippen LogP contribution is 2.40. The summed E-state index contributed by atoms with van der Waals surface area (Å²) in [6, 6.07) is 0.769. The van der Waals surface area contributed by atoms with Gasteiger partial charge in [0.2, 0.25) is 0 Å². The van der Waals surface area contributed by atoms with Crippen LogP contribution in [0, 0.1) is 11.8 Å². The highest BCUT2D eigenvalue weighted by atomic mass is 32.2. The molecule has 118 valence electrons. The predicted octanol–water partition coefficient (Wildman–Crippen LogP) is 4.81. The van der Waals surface area contributed by atoms with Gasteiger partial charge >= 0.3 is 0 Å². The Morgan fingerprint density at radius 3 is 2.40 bits per heavy atom. The second-order valence-corrected chi connectivity index (χ2v) is 9.29. The first-order valence-corrected chi connectivity index (χ1v) is 10.8. The fourth-order valence-electron chi connectivity index (χ4n) is 3.78. The molecule has 1 saturated heterocycles. The van der Waals surface area contributed by atoms with E-state index in [1.165, 1.54) is 56.6 Å². The smallest absolute Gasteiger partial charge is 0.0322 e. The van der Waals surface area contributed by atoms with Gasteiger partial charge in [0.25, 0.3) is 0 Å². The van der Waals surface area contributed by atoms with E-state index in [-0.39, 0.29) is 0 Å². The summed E-state index contributed by atoms with van der Waals surface area (Å²) < 4.78 is 0. The van der Waals surface area contributed by atoms with Crippen molar-refractivity contribution in [3.05, 3.63) is 0 Å². The zero-order valence-electron chi connectivity index (χ0n) is 13.6. The van der Waals surface area contributed by atoms with Crippen molar-refractivity contribution in [3.8, 4) is 0 Å². The van der Waals surface area contributed by atoms with Gasteiger partial charge in [-0.3, -0.25) is 0 Å². The zero-order chi connectivity index (χ0) is 14.4. The van der Waals surface area contributed by atoms with Crippen molar-refractivity contribution in [2.24, 2.45) is 11.8 Å². The summed E-state index contributed by atoms with van der Waals surface area (Å²) in [5.74, 6) is 4.62. The van der Waals surface area contributed by atoms with E-state index in [9.17, 15) is 0 Å². The average molecular weight is 316 g/mol. The van der Waals surface area contributed by atoms with Crippen LogP contribution in [0.4, 0.5) is 0 Å². The van der Waals surface area contributed by atoms with Crippen LogP contribution < -0.4 is 5.32 Å². The second kappa shape index (κ2) is 8.95. The molecule has 0 aromatic heterocycles. The maximum Gasteiger partial charge on any atom is 0.0322 e. The molecule has 1 N–H and O–H groups in total. The molecule has 3 heteroatoms. The Hall–Kier alpha value is 0.660. The van der Waals surface area contributed by atoms with Gasteiger partial charge in [0.15, 0.2) is 0 Å². The first-order valence-electron chi connectivity index (χ1n) is 8.72. The highest BCUT2D eigenvalue weighted by Gasteiger charge is 2.37.